The number of benzene rings is 7. The summed E-state index contributed by atoms with van der Waals surface area (Å²) >= 11 is 0. The minimum atomic E-state index is -0.114. The predicted octanol–water partition coefficient (Wildman–Crippen LogP) is 11.2. The molecular weight excluding hydrogens is 544 g/mol. The fourth-order valence-corrected chi connectivity index (χ4v) is 7.49. The molecule has 1 aliphatic rings. The van der Waals surface area contributed by atoms with Crippen LogP contribution in [0.15, 0.2) is 146 Å². The van der Waals surface area contributed by atoms with Crippen molar-refractivity contribution < 1.29 is 0 Å². The minimum absolute atomic E-state index is 0.114. The van der Waals surface area contributed by atoms with Gasteiger partial charge in [0.25, 0.3) is 0 Å². The van der Waals surface area contributed by atoms with Crippen molar-refractivity contribution >= 4 is 32.3 Å². The highest BCUT2D eigenvalue weighted by molar-refractivity contribution is 6.18. The molecule has 2 nitrogen and oxygen atoms in total. The van der Waals surface area contributed by atoms with E-state index in [1.165, 1.54) is 65.7 Å². The molecule has 0 N–H and O–H groups in total. The van der Waals surface area contributed by atoms with Gasteiger partial charge in [-0.2, -0.15) is 0 Å². The Balaban J connectivity index is 1.11. The topological polar surface area (TPSA) is 25.8 Å². The van der Waals surface area contributed by atoms with E-state index in [1.54, 1.807) is 0 Å². The van der Waals surface area contributed by atoms with Crippen LogP contribution in [0.2, 0.25) is 0 Å². The van der Waals surface area contributed by atoms with Crippen molar-refractivity contribution in [3.8, 4) is 44.8 Å². The standard InChI is InChI=1S/C43H30N2/c1-43(2)38-26-32-24-30(27-16-18-29(19-17-27)40-23-22-39(44-45-40)28-10-4-3-5-11-28)20-21-31(32)25-37(38)41-35-14-8-6-12-33(35)34-13-7-9-15-36(34)42(41)43/h3-26H,1-2H3. The van der Waals surface area contributed by atoms with Gasteiger partial charge in [0.2, 0.25) is 0 Å². The lowest BCUT2D eigenvalue weighted by atomic mass is 9.79. The third-order valence-electron chi connectivity index (χ3n) is 9.73. The maximum Gasteiger partial charge on any atom is 0.0930 e. The molecule has 0 amide bonds. The molecule has 2 heteroatoms. The molecule has 45 heavy (non-hydrogen) atoms. The Bertz CT molecular complexity index is 2420. The molecule has 0 radical (unpaired) electrons. The molecule has 0 fully saturated rings. The zero-order chi connectivity index (χ0) is 30.1. The van der Waals surface area contributed by atoms with Crippen LogP contribution in [0, 0.1) is 0 Å². The summed E-state index contributed by atoms with van der Waals surface area (Å²) in [6, 6.07) is 52.5. The molecule has 1 aromatic heterocycles. The first-order chi connectivity index (χ1) is 22.1. The summed E-state index contributed by atoms with van der Waals surface area (Å²) in [6.07, 6.45) is 0. The molecule has 0 aliphatic heterocycles. The van der Waals surface area contributed by atoms with Crippen molar-refractivity contribution in [1.82, 2.24) is 10.2 Å². The third kappa shape index (κ3) is 3.96. The van der Waals surface area contributed by atoms with Gasteiger partial charge in [0.05, 0.1) is 11.4 Å². The van der Waals surface area contributed by atoms with Crippen molar-refractivity contribution in [1.29, 1.82) is 0 Å². The average molecular weight is 575 g/mol. The Morgan fingerprint density at radius 3 is 1.67 bits per heavy atom. The van der Waals surface area contributed by atoms with Gasteiger partial charge >= 0.3 is 0 Å². The van der Waals surface area contributed by atoms with Crippen LogP contribution >= 0.6 is 0 Å². The number of fused-ring (bicyclic) bond motifs is 9. The molecule has 9 rings (SSSR count). The summed E-state index contributed by atoms with van der Waals surface area (Å²) in [5.41, 5.74) is 11.8. The molecule has 0 bridgehead atoms. The molecule has 7 aromatic carbocycles. The highest BCUT2D eigenvalue weighted by Crippen LogP contribution is 2.55. The molecule has 0 saturated heterocycles. The second-order valence-corrected chi connectivity index (χ2v) is 12.7. The Morgan fingerprint density at radius 1 is 0.422 bits per heavy atom. The van der Waals surface area contributed by atoms with Gasteiger partial charge in [0.15, 0.2) is 0 Å². The predicted molar refractivity (Wildman–Crippen MR) is 188 cm³/mol. The number of aromatic nitrogens is 2. The van der Waals surface area contributed by atoms with Crippen molar-refractivity contribution in [3.05, 3.63) is 157 Å². The first-order valence-electron chi connectivity index (χ1n) is 15.6. The number of hydrogen-bond donors (Lipinski definition) is 0. The first kappa shape index (κ1) is 25.9. The Hall–Kier alpha value is -5.60. The second kappa shape index (κ2) is 9.70. The van der Waals surface area contributed by atoms with E-state index < -0.39 is 0 Å². The second-order valence-electron chi connectivity index (χ2n) is 12.7. The van der Waals surface area contributed by atoms with E-state index in [-0.39, 0.29) is 5.41 Å². The third-order valence-corrected chi connectivity index (χ3v) is 9.73. The maximum absolute atomic E-state index is 4.52. The minimum Gasteiger partial charge on any atom is -0.150 e. The van der Waals surface area contributed by atoms with Crippen LogP contribution in [0.4, 0.5) is 0 Å². The van der Waals surface area contributed by atoms with Crippen LogP contribution in [0.5, 0.6) is 0 Å². The van der Waals surface area contributed by atoms with Crippen molar-refractivity contribution in [3.63, 3.8) is 0 Å². The Kier molecular flexibility index (Phi) is 5.58. The van der Waals surface area contributed by atoms with Crippen molar-refractivity contribution in [2.75, 3.05) is 0 Å². The molecule has 0 atom stereocenters. The molecule has 0 unspecified atom stereocenters. The van der Waals surface area contributed by atoms with E-state index in [1.807, 2.05) is 30.3 Å². The van der Waals surface area contributed by atoms with Crippen LogP contribution in [0.25, 0.3) is 77.1 Å². The summed E-state index contributed by atoms with van der Waals surface area (Å²) in [4.78, 5) is 0. The Morgan fingerprint density at radius 2 is 0.978 bits per heavy atom. The Labute approximate surface area is 262 Å². The summed E-state index contributed by atoms with van der Waals surface area (Å²) in [5, 5.41) is 16.9. The summed E-state index contributed by atoms with van der Waals surface area (Å²) < 4.78 is 0. The van der Waals surface area contributed by atoms with E-state index in [4.69, 9.17) is 0 Å². The van der Waals surface area contributed by atoms with Gasteiger partial charge in [-0.05, 0) is 96.0 Å². The molecule has 1 heterocycles. The van der Waals surface area contributed by atoms with Crippen molar-refractivity contribution in [2.45, 2.75) is 19.3 Å². The van der Waals surface area contributed by atoms with Crippen molar-refractivity contribution in [2.24, 2.45) is 0 Å². The number of hydrogen-bond acceptors (Lipinski definition) is 2. The van der Waals surface area contributed by atoms with E-state index in [2.05, 4.69) is 139 Å². The quantitative estimate of drug-likeness (QED) is 0.196. The first-order valence-corrected chi connectivity index (χ1v) is 15.6. The van der Waals surface area contributed by atoms with Gasteiger partial charge < -0.3 is 0 Å². The van der Waals surface area contributed by atoms with E-state index in [0.717, 1.165) is 22.5 Å². The molecule has 212 valence electrons. The zero-order valence-electron chi connectivity index (χ0n) is 25.3. The summed E-state index contributed by atoms with van der Waals surface area (Å²) in [5.74, 6) is 0. The van der Waals surface area contributed by atoms with Crippen LogP contribution in [-0.2, 0) is 5.41 Å². The SMILES string of the molecule is CC1(C)c2cc3cc(-c4ccc(-c5ccc(-c6ccccc6)nn5)cc4)ccc3cc2-c2c1c1ccccc1c1ccccc21. The molecule has 0 spiro atoms. The molecule has 0 saturated carbocycles. The fraction of sp³-hybridized carbons (Fsp3) is 0.0698. The number of rotatable bonds is 3. The normalized spacial score (nSPS) is 13.3. The monoisotopic (exact) mass is 574 g/mol. The van der Waals surface area contributed by atoms with Gasteiger partial charge in [-0.15, -0.1) is 10.2 Å². The summed E-state index contributed by atoms with van der Waals surface area (Å²) in [6.45, 7) is 4.78. The van der Waals surface area contributed by atoms with Gasteiger partial charge in [-0.25, -0.2) is 0 Å². The zero-order valence-corrected chi connectivity index (χ0v) is 25.3. The van der Waals surface area contributed by atoms with Crippen LogP contribution in [0.1, 0.15) is 25.0 Å². The lowest BCUT2D eigenvalue weighted by molar-refractivity contribution is 0.667. The summed E-state index contributed by atoms with van der Waals surface area (Å²) in [7, 11) is 0. The van der Waals surface area contributed by atoms with E-state index in [9.17, 15) is 0 Å². The van der Waals surface area contributed by atoms with Gasteiger partial charge in [0, 0.05) is 16.5 Å². The van der Waals surface area contributed by atoms with Crippen LogP contribution in [0.3, 0.4) is 0 Å². The maximum atomic E-state index is 4.52. The average Bonchev–Trinajstić information content (AvgIpc) is 3.33. The largest absolute Gasteiger partial charge is 0.150 e. The molecule has 1 aliphatic carbocycles. The lowest BCUT2D eigenvalue weighted by Gasteiger charge is -2.24. The van der Waals surface area contributed by atoms with Gasteiger partial charge in [-0.1, -0.05) is 129 Å². The van der Waals surface area contributed by atoms with E-state index in [0.29, 0.717) is 0 Å². The highest BCUT2D eigenvalue weighted by Gasteiger charge is 2.38. The fourth-order valence-electron chi connectivity index (χ4n) is 7.49. The van der Waals surface area contributed by atoms with Gasteiger partial charge in [0.1, 0.15) is 0 Å². The lowest BCUT2D eigenvalue weighted by Crippen LogP contribution is -2.15. The van der Waals surface area contributed by atoms with E-state index >= 15 is 0 Å². The smallest absolute Gasteiger partial charge is 0.0930 e. The van der Waals surface area contributed by atoms with Crippen LogP contribution in [-0.4, -0.2) is 10.2 Å². The van der Waals surface area contributed by atoms with Gasteiger partial charge in [-0.3, -0.25) is 0 Å². The number of nitrogens with zero attached hydrogens (tertiary/aromatic N) is 2. The highest BCUT2D eigenvalue weighted by atomic mass is 15.1. The molecular formula is C43H30N2. The molecule has 8 aromatic rings. The van der Waals surface area contributed by atoms with Crippen LogP contribution < -0.4 is 0 Å².